The van der Waals surface area contributed by atoms with Crippen LogP contribution in [0.3, 0.4) is 0 Å². The highest BCUT2D eigenvalue weighted by Gasteiger charge is 2.59. The molecule has 0 aromatic heterocycles. The second-order valence-corrected chi connectivity index (χ2v) is 22.5. The van der Waals surface area contributed by atoms with Gasteiger partial charge in [0.2, 0.25) is 0 Å². The molecule has 13 aromatic carbocycles. The van der Waals surface area contributed by atoms with Crippen LogP contribution < -0.4 is 4.90 Å². The van der Waals surface area contributed by atoms with Crippen LogP contribution in [0.4, 0.5) is 17.1 Å². The number of hydrogen-bond acceptors (Lipinski definition) is 1. The highest BCUT2D eigenvalue weighted by Crippen LogP contribution is 2.69. The normalized spacial score (nSPS) is 14.4. The summed E-state index contributed by atoms with van der Waals surface area (Å²) in [5.74, 6) is 0. The number of benzene rings is 13. The minimum Gasteiger partial charge on any atom is -0.310 e. The van der Waals surface area contributed by atoms with E-state index in [1.165, 1.54) is 122 Å². The Labute approximate surface area is 479 Å². The molecule has 1 nitrogen and oxygen atoms in total. The molecule has 0 bridgehead atoms. The largest absolute Gasteiger partial charge is 0.310 e. The van der Waals surface area contributed by atoms with Gasteiger partial charge in [-0.15, -0.1) is 0 Å². The van der Waals surface area contributed by atoms with Gasteiger partial charge in [0.05, 0.1) is 21.9 Å². The molecular weight excluding hydrogens is 987 g/mol. The summed E-state index contributed by atoms with van der Waals surface area (Å²) in [6.07, 6.45) is 0. The van der Waals surface area contributed by atoms with Gasteiger partial charge < -0.3 is 4.90 Å². The van der Waals surface area contributed by atoms with Crippen molar-refractivity contribution in [3.05, 3.63) is 388 Å². The molecule has 82 heavy (non-hydrogen) atoms. The molecule has 0 saturated heterocycles. The fourth-order valence-corrected chi connectivity index (χ4v) is 15.8. The number of fused-ring (bicyclic) bond motifs is 19. The number of nitrogens with zero attached hydrogens (tertiary/aromatic N) is 1. The van der Waals surface area contributed by atoms with Crippen LogP contribution in [0.15, 0.2) is 322 Å². The molecule has 13 aromatic rings. The zero-order chi connectivity index (χ0) is 54.0. The van der Waals surface area contributed by atoms with Crippen LogP contribution >= 0.6 is 0 Å². The first-order valence-electron chi connectivity index (χ1n) is 28.7. The highest BCUT2D eigenvalue weighted by molar-refractivity contribution is 6.01. The lowest BCUT2D eigenvalue weighted by Gasteiger charge is -2.48. The first kappa shape index (κ1) is 46.6. The summed E-state index contributed by atoms with van der Waals surface area (Å²) in [6.45, 7) is 0. The van der Waals surface area contributed by atoms with Crippen LogP contribution in [-0.4, -0.2) is 0 Å². The third-order valence-electron chi connectivity index (χ3n) is 18.8. The molecule has 0 fully saturated rings. The van der Waals surface area contributed by atoms with Crippen molar-refractivity contribution in [3.63, 3.8) is 0 Å². The lowest BCUT2D eigenvalue weighted by molar-refractivity contribution is 0.633. The molecule has 1 heteroatoms. The van der Waals surface area contributed by atoms with E-state index in [4.69, 9.17) is 0 Å². The van der Waals surface area contributed by atoms with Crippen LogP contribution in [0.1, 0.15) is 66.8 Å². The van der Waals surface area contributed by atoms with Gasteiger partial charge in [-0.05, 0) is 153 Å². The van der Waals surface area contributed by atoms with E-state index in [9.17, 15) is 0 Å². The number of anilines is 3. The summed E-state index contributed by atoms with van der Waals surface area (Å²) < 4.78 is 0. The van der Waals surface area contributed by atoms with Crippen LogP contribution in [0.2, 0.25) is 0 Å². The van der Waals surface area contributed by atoms with E-state index in [2.05, 4.69) is 326 Å². The summed E-state index contributed by atoms with van der Waals surface area (Å²) in [6, 6.07) is 121. The Morgan fingerprint density at radius 1 is 0.195 bits per heavy atom. The summed E-state index contributed by atoms with van der Waals surface area (Å²) in [7, 11) is 0. The summed E-state index contributed by atoms with van der Waals surface area (Å²) in [4.78, 5) is 2.56. The van der Waals surface area contributed by atoms with E-state index in [-0.39, 0.29) is 0 Å². The van der Waals surface area contributed by atoms with Crippen molar-refractivity contribution in [1.29, 1.82) is 0 Å². The Hall–Kier alpha value is -10.3. The lowest BCUT2D eigenvalue weighted by Crippen LogP contribution is -2.43. The van der Waals surface area contributed by atoms with Gasteiger partial charge in [-0.3, -0.25) is 0 Å². The average Bonchev–Trinajstić information content (AvgIpc) is 1.97. The van der Waals surface area contributed by atoms with Crippen molar-refractivity contribution in [3.8, 4) is 55.6 Å². The molecule has 0 saturated carbocycles. The van der Waals surface area contributed by atoms with Crippen molar-refractivity contribution in [1.82, 2.24) is 0 Å². The molecular formula is C81H53N. The Morgan fingerprint density at radius 3 is 1.07 bits per heavy atom. The predicted octanol–water partition coefficient (Wildman–Crippen LogP) is 19.9. The molecule has 0 unspecified atom stereocenters. The number of hydrogen-bond donors (Lipinski definition) is 0. The standard InChI is InChI=1S/C81H53N/c1-4-24-54(25-5-1)56-26-22-27-57(52-56)55-46-48-60(49-47-55)82(61-50-51-65-64-34-10-14-36-67(64)79(76(65)53-61,58-28-6-2-7-29-58)59-30-8-3-9-31-59)77-45-23-44-75-78(77)66-35-13-17-39-70(66)81(75)73-42-20-18-40-71(73)80(72-41-19-21-43-74(72)81)68-37-15-11-32-62(68)63-33-12-16-38-69(63)80/h1-53H. The van der Waals surface area contributed by atoms with Gasteiger partial charge in [0.25, 0.3) is 0 Å². The van der Waals surface area contributed by atoms with Gasteiger partial charge in [-0.2, -0.15) is 0 Å². The quantitative estimate of drug-likeness (QED) is 0.154. The van der Waals surface area contributed by atoms with Gasteiger partial charge in [0.15, 0.2) is 0 Å². The third kappa shape index (κ3) is 6.17. The van der Waals surface area contributed by atoms with E-state index in [1.807, 2.05) is 0 Å². The van der Waals surface area contributed by atoms with Crippen molar-refractivity contribution in [2.24, 2.45) is 0 Å². The maximum absolute atomic E-state index is 2.56. The fourth-order valence-electron chi connectivity index (χ4n) is 15.8. The minimum absolute atomic E-state index is 0.526. The molecule has 4 aliphatic carbocycles. The minimum atomic E-state index is -0.651. The Bertz CT molecular complexity index is 4550. The van der Waals surface area contributed by atoms with E-state index >= 15 is 0 Å². The second-order valence-electron chi connectivity index (χ2n) is 22.5. The van der Waals surface area contributed by atoms with Crippen molar-refractivity contribution in [2.75, 3.05) is 4.90 Å². The maximum Gasteiger partial charge on any atom is 0.0720 e. The smallest absolute Gasteiger partial charge is 0.0720 e. The highest BCUT2D eigenvalue weighted by atomic mass is 15.1. The molecule has 17 rings (SSSR count). The molecule has 0 aliphatic heterocycles. The van der Waals surface area contributed by atoms with Gasteiger partial charge in [0, 0.05) is 16.9 Å². The molecule has 4 aliphatic rings. The van der Waals surface area contributed by atoms with E-state index in [0.717, 1.165) is 17.1 Å². The first-order valence-corrected chi connectivity index (χ1v) is 28.7. The van der Waals surface area contributed by atoms with Gasteiger partial charge >= 0.3 is 0 Å². The average molecular weight is 1040 g/mol. The Balaban J connectivity index is 0.934. The molecule has 2 spiro atoms. The van der Waals surface area contributed by atoms with Gasteiger partial charge in [-0.1, -0.05) is 285 Å². The van der Waals surface area contributed by atoms with Crippen molar-refractivity contribution < 1.29 is 0 Å². The third-order valence-corrected chi connectivity index (χ3v) is 18.8. The van der Waals surface area contributed by atoms with E-state index < -0.39 is 16.2 Å². The second kappa shape index (κ2) is 17.8. The molecule has 0 atom stereocenters. The topological polar surface area (TPSA) is 3.24 Å². The molecule has 382 valence electrons. The van der Waals surface area contributed by atoms with Crippen LogP contribution in [-0.2, 0) is 16.2 Å². The predicted molar refractivity (Wildman–Crippen MR) is 337 cm³/mol. The maximum atomic E-state index is 2.56. The monoisotopic (exact) mass is 1040 g/mol. The Kier molecular flexibility index (Phi) is 10.1. The number of rotatable bonds is 7. The molecule has 0 N–H and O–H groups in total. The van der Waals surface area contributed by atoms with Gasteiger partial charge in [0.1, 0.15) is 0 Å². The van der Waals surface area contributed by atoms with E-state index in [1.54, 1.807) is 0 Å². The van der Waals surface area contributed by atoms with Crippen LogP contribution in [0.5, 0.6) is 0 Å². The van der Waals surface area contributed by atoms with Gasteiger partial charge in [-0.25, -0.2) is 0 Å². The summed E-state index contributed by atoms with van der Waals surface area (Å²) in [5, 5.41) is 0. The SMILES string of the molecule is c1ccc(-c2cccc(-c3ccc(N(c4ccc5c(c4)C(c4ccccc4)(c4ccccc4)c4ccccc4-5)c4cccc5c4-c4ccccc4C54c5ccccc5C5(c6ccccc6-c6ccccc65)c5ccccc54)cc3)c2)cc1. The molecule has 0 radical (unpaired) electrons. The van der Waals surface area contributed by atoms with E-state index in [0.29, 0.717) is 0 Å². The zero-order valence-corrected chi connectivity index (χ0v) is 45.0. The molecule has 0 amide bonds. The van der Waals surface area contributed by atoms with Crippen LogP contribution in [0.25, 0.3) is 55.6 Å². The van der Waals surface area contributed by atoms with Crippen molar-refractivity contribution >= 4 is 17.1 Å². The summed E-state index contributed by atoms with van der Waals surface area (Å²) in [5.41, 5.74) is 29.6. The molecule has 0 heterocycles. The van der Waals surface area contributed by atoms with Crippen LogP contribution in [0, 0.1) is 0 Å². The fraction of sp³-hybridized carbons (Fsp3) is 0.0370. The Morgan fingerprint density at radius 2 is 0.549 bits per heavy atom. The first-order chi connectivity index (χ1) is 40.7. The lowest BCUT2D eigenvalue weighted by atomic mass is 9.52. The van der Waals surface area contributed by atoms with Crippen molar-refractivity contribution in [2.45, 2.75) is 16.2 Å². The zero-order valence-electron chi connectivity index (χ0n) is 45.0. The summed E-state index contributed by atoms with van der Waals surface area (Å²) >= 11 is 0.